The smallest absolute Gasteiger partial charge is 0.343 e. The van der Waals surface area contributed by atoms with Gasteiger partial charge in [0.2, 0.25) is 5.91 Å². The molecule has 2 heterocycles. The normalized spacial score (nSPS) is 17.8. The minimum atomic E-state index is -0.527. The molecule has 0 aliphatic carbocycles. The number of rotatable bonds is 7. The molecule has 1 aromatic rings. The highest BCUT2D eigenvalue weighted by Gasteiger charge is 2.37. The van der Waals surface area contributed by atoms with Crippen molar-refractivity contribution in [2.75, 3.05) is 40.5 Å². The molecule has 2 saturated heterocycles. The van der Waals surface area contributed by atoms with Crippen LogP contribution in [0, 0.1) is 3.57 Å². The first-order valence-corrected chi connectivity index (χ1v) is 12.3. The van der Waals surface area contributed by atoms with E-state index >= 15 is 0 Å². The number of hydrogen-bond acceptors (Lipinski definition) is 8. The first-order valence-electron chi connectivity index (χ1n) is 10.4. The number of hydrogen-bond donors (Lipinski definition) is 0. The molecule has 3 rings (SSSR count). The topological polar surface area (TPSA) is 102 Å². The Morgan fingerprint density at radius 2 is 1.82 bits per heavy atom. The lowest BCUT2D eigenvalue weighted by Crippen LogP contribution is -2.42. The summed E-state index contributed by atoms with van der Waals surface area (Å²) in [6, 6.07) is 3.39. The van der Waals surface area contributed by atoms with Crippen molar-refractivity contribution in [3.05, 3.63) is 26.2 Å². The maximum absolute atomic E-state index is 12.9. The largest absolute Gasteiger partial charge is 0.493 e. The lowest BCUT2D eigenvalue weighted by molar-refractivity contribution is -0.143. The number of carbonyl (C=O) groups excluding carboxylic acids is 4. The van der Waals surface area contributed by atoms with Crippen molar-refractivity contribution < 1.29 is 33.4 Å². The average molecular weight is 588 g/mol. The standard InChI is InChI=1S/C22H25IN2O7S/c1-30-16-10-14(9-15(23)20(16)32-13-19(27)31-2)11-17-21(28)25(22(29)33-17)12-18(26)24-7-5-3-4-6-8-24/h9-11H,3-8,12-13H2,1-2H3. The van der Waals surface area contributed by atoms with Gasteiger partial charge in [0.05, 0.1) is 22.7 Å². The summed E-state index contributed by atoms with van der Waals surface area (Å²) in [5.74, 6) is -0.485. The highest BCUT2D eigenvalue weighted by atomic mass is 127. The van der Waals surface area contributed by atoms with Crippen LogP contribution in [0.2, 0.25) is 0 Å². The van der Waals surface area contributed by atoms with Gasteiger partial charge < -0.3 is 19.1 Å². The minimum Gasteiger partial charge on any atom is -0.493 e. The van der Waals surface area contributed by atoms with E-state index in [1.807, 2.05) is 22.6 Å². The van der Waals surface area contributed by atoms with Gasteiger partial charge in [-0.15, -0.1) is 0 Å². The Morgan fingerprint density at radius 1 is 1.12 bits per heavy atom. The lowest BCUT2D eigenvalue weighted by atomic mass is 10.2. The van der Waals surface area contributed by atoms with E-state index in [9.17, 15) is 19.2 Å². The molecule has 0 spiro atoms. The summed E-state index contributed by atoms with van der Waals surface area (Å²) in [7, 11) is 2.73. The van der Waals surface area contributed by atoms with Gasteiger partial charge in [0.15, 0.2) is 18.1 Å². The quantitative estimate of drug-likeness (QED) is 0.272. The van der Waals surface area contributed by atoms with E-state index < -0.39 is 17.1 Å². The third-order valence-electron chi connectivity index (χ3n) is 5.24. The monoisotopic (exact) mass is 588 g/mol. The Labute approximate surface area is 209 Å². The van der Waals surface area contributed by atoms with Crippen molar-refractivity contribution in [3.63, 3.8) is 0 Å². The van der Waals surface area contributed by atoms with Crippen molar-refractivity contribution in [2.45, 2.75) is 25.7 Å². The van der Waals surface area contributed by atoms with Crippen LogP contribution in [0.3, 0.4) is 0 Å². The van der Waals surface area contributed by atoms with Gasteiger partial charge in [0.25, 0.3) is 11.1 Å². The van der Waals surface area contributed by atoms with Crippen LogP contribution in [0.25, 0.3) is 6.08 Å². The molecule has 0 saturated carbocycles. The second kappa shape index (κ2) is 11.7. The molecule has 0 aromatic heterocycles. The zero-order valence-corrected chi connectivity index (χ0v) is 21.4. The van der Waals surface area contributed by atoms with Crippen LogP contribution in [-0.2, 0) is 19.1 Å². The highest BCUT2D eigenvalue weighted by Crippen LogP contribution is 2.37. The van der Waals surface area contributed by atoms with Crippen LogP contribution < -0.4 is 9.47 Å². The van der Waals surface area contributed by atoms with Gasteiger partial charge >= 0.3 is 5.97 Å². The number of carbonyl (C=O) groups is 4. The summed E-state index contributed by atoms with van der Waals surface area (Å²) in [4.78, 5) is 52.3. The summed E-state index contributed by atoms with van der Waals surface area (Å²) >= 11 is 2.83. The molecule has 33 heavy (non-hydrogen) atoms. The molecular formula is C22H25IN2O7S. The predicted molar refractivity (Wildman–Crippen MR) is 131 cm³/mol. The Hall–Kier alpha value is -2.28. The number of thioether (sulfide) groups is 1. The second-order valence-electron chi connectivity index (χ2n) is 7.46. The molecule has 0 unspecified atom stereocenters. The van der Waals surface area contributed by atoms with Crippen molar-refractivity contribution in [2.24, 2.45) is 0 Å². The zero-order chi connectivity index (χ0) is 24.0. The van der Waals surface area contributed by atoms with Crippen molar-refractivity contribution >= 4 is 63.5 Å². The maximum atomic E-state index is 12.9. The van der Waals surface area contributed by atoms with E-state index in [1.165, 1.54) is 14.2 Å². The van der Waals surface area contributed by atoms with Gasteiger partial charge in [0.1, 0.15) is 6.54 Å². The second-order valence-corrected chi connectivity index (χ2v) is 9.62. The summed E-state index contributed by atoms with van der Waals surface area (Å²) in [5.41, 5.74) is 0.617. The molecular weight excluding hydrogens is 563 g/mol. The zero-order valence-electron chi connectivity index (χ0n) is 18.4. The number of ether oxygens (including phenoxy) is 3. The molecule has 178 valence electrons. The number of esters is 1. The first kappa shape index (κ1) is 25.3. The predicted octanol–water partition coefficient (Wildman–Crippen LogP) is 3.29. The Kier molecular flexibility index (Phi) is 9.01. The van der Waals surface area contributed by atoms with E-state index in [4.69, 9.17) is 9.47 Å². The SMILES string of the molecule is COC(=O)COc1c(I)cc(C=C2SC(=O)N(CC(=O)N3CCCCCC3)C2=O)cc1OC. The van der Waals surface area contributed by atoms with E-state index in [1.54, 1.807) is 23.1 Å². The third-order valence-corrected chi connectivity index (χ3v) is 6.95. The number of imide groups is 1. The van der Waals surface area contributed by atoms with Crippen molar-refractivity contribution in [3.8, 4) is 11.5 Å². The number of benzene rings is 1. The lowest BCUT2D eigenvalue weighted by Gasteiger charge is -2.22. The molecule has 1 aromatic carbocycles. The molecule has 0 N–H and O–H groups in total. The molecule has 0 atom stereocenters. The van der Waals surface area contributed by atoms with Gasteiger partial charge in [-0.25, -0.2) is 4.79 Å². The molecule has 11 heteroatoms. The fraction of sp³-hybridized carbons (Fsp3) is 0.455. The number of likely N-dealkylation sites (tertiary alicyclic amines) is 1. The highest BCUT2D eigenvalue weighted by molar-refractivity contribution is 14.1. The van der Waals surface area contributed by atoms with Crippen LogP contribution in [0.5, 0.6) is 11.5 Å². The maximum Gasteiger partial charge on any atom is 0.343 e. The average Bonchev–Trinajstić information content (AvgIpc) is 2.99. The Morgan fingerprint density at radius 3 is 2.45 bits per heavy atom. The van der Waals surface area contributed by atoms with Crippen LogP contribution in [-0.4, -0.2) is 73.3 Å². The number of amides is 3. The summed E-state index contributed by atoms with van der Waals surface area (Å²) < 4.78 is 16.1. The van der Waals surface area contributed by atoms with Crippen LogP contribution in [0.15, 0.2) is 17.0 Å². The molecule has 2 fully saturated rings. The molecule has 3 amide bonds. The van der Waals surface area contributed by atoms with Crippen molar-refractivity contribution in [1.82, 2.24) is 9.80 Å². The molecule has 2 aliphatic rings. The number of methoxy groups -OCH3 is 2. The van der Waals surface area contributed by atoms with Gasteiger partial charge in [0, 0.05) is 13.1 Å². The van der Waals surface area contributed by atoms with Gasteiger partial charge in [-0.1, -0.05) is 12.8 Å². The van der Waals surface area contributed by atoms with Gasteiger partial charge in [-0.2, -0.15) is 0 Å². The van der Waals surface area contributed by atoms with E-state index in [2.05, 4.69) is 4.74 Å². The van der Waals surface area contributed by atoms with Gasteiger partial charge in [-0.05, 0) is 71.0 Å². The Bertz CT molecular complexity index is 974. The fourth-order valence-corrected chi connectivity index (χ4v) is 5.12. The summed E-state index contributed by atoms with van der Waals surface area (Å²) in [5, 5.41) is -0.464. The Balaban J connectivity index is 1.74. The third kappa shape index (κ3) is 6.40. The minimum absolute atomic E-state index is 0.205. The molecule has 9 nitrogen and oxygen atoms in total. The molecule has 2 aliphatic heterocycles. The fourth-order valence-electron chi connectivity index (χ4n) is 3.50. The van der Waals surface area contributed by atoms with Crippen LogP contribution in [0.1, 0.15) is 31.2 Å². The van der Waals surface area contributed by atoms with Crippen molar-refractivity contribution in [1.29, 1.82) is 0 Å². The summed E-state index contributed by atoms with van der Waals surface area (Å²) in [6.45, 7) is 0.802. The van der Waals surface area contributed by atoms with E-state index in [-0.39, 0.29) is 24.0 Å². The summed E-state index contributed by atoms with van der Waals surface area (Å²) in [6.07, 6.45) is 5.63. The number of nitrogens with zero attached hydrogens (tertiary/aromatic N) is 2. The van der Waals surface area contributed by atoms with E-state index in [0.29, 0.717) is 33.7 Å². The van der Waals surface area contributed by atoms with E-state index in [0.717, 1.165) is 42.3 Å². The first-order chi connectivity index (χ1) is 15.8. The van der Waals surface area contributed by atoms with Crippen LogP contribution >= 0.6 is 34.4 Å². The number of halogens is 1. The molecule has 0 bridgehead atoms. The molecule has 0 radical (unpaired) electrons. The van der Waals surface area contributed by atoms with Gasteiger partial charge in [-0.3, -0.25) is 19.3 Å². The van der Waals surface area contributed by atoms with Crippen LogP contribution in [0.4, 0.5) is 4.79 Å².